The summed E-state index contributed by atoms with van der Waals surface area (Å²) < 4.78 is 56.6. The maximum absolute atomic E-state index is 13.5. The van der Waals surface area contributed by atoms with Crippen molar-refractivity contribution in [3.8, 4) is 0 Å². The van der Waals surface area contributed by atoms with Gasteiger partial charge < -0.3 is 29.4 Å². The van der Waals surface area contributed by atoms with Crippen LogP contribution in [0.1, 0.15) is 40.9 Å². The average molecular weight is 534 g/mol. The van der Waals surface area contributed by atoms with Crippen LogP contribution >= 0.6 is 0 Å². The Bertz CT molecular complexity index is 1220. The van der Waals surface area contributed by atoms with Gasteiger partial charge in [-0.1, -0.05) is 42.0 Å². The molecule has 0 saturated heterocycles. The number of ether oxygens (including phenoxy) is 2. The first-order valence-corrected chi connectivity index (χ1v) is 12.2. The van der Waals surface area contributed by atoms with Gasteiger partial charge in [0.2, 0.25) is 0 Å². The molecule has 0 aliphatic heterocycles. The van der Waals surface area contributed by atoms with Crippen LogP contribution in [0.15, 0.2) is 71.3 Å². The van der Waals surface area contributed by atoms with Crippen LogP contribution in [-0.2, 0) is 40.2 Å². The highest BCUT2D eigenvalue weighted by Crippen LogP contribution is 2.36. The highest BCUT2D eigenvalue weighted by molar-refractivity contribution is 5.85. The minimum atomic E-state index is -4.51. The number of nitrogens with one attached hydrogen (secondary N) is 1. The topological polar surface area (TPSA) is 101 Å². The zero-order valence-electron chi connectivity index (χ0n) is 20.8. The van der Waals surface area contributed by atoms with Crippen LogP contribution in [0, 0.1) is 6.92 Å². The van der Waals surface area contributed by atoms with E-state index in [0.29, 0.717) is 5.76 Å². The molecule has 1 aliphatic rings. The van der Waals surface area contributed by atoms with Crippen molar-refractivity contribution < 1.29 is 42.1 Å². The first-order valence-electron chi connectivity index (χ1n) is 12.2. The number of carbonyl (C=O) groups is 1. The lowest BCUT2D eigenvalue weighted by molar-refractivity contribution is -0.200. The molecule has 0 bridgehead atoms. The Labute approximate surface area is 218 Å². The van der Waals surface area contributed by atoms with Gasteiger partial charge in [0.25, 0.3) is 5.91 Å². The van der Waals surface area contributed by atoms with Crippen LogP contribution in [0.3, 0.4) is 0 Å². The van der Waals surface area contributed by atoms with E-state index in [2.05, 4.69) is 5.32 Å². The van der Waals surface area contributed by atoms with E-state index in [9.17, 15) is 28.2 Å². The molecule has 4 atom stereocenters. The number of aliphatic hydroxyl groups excluding tert-OH is 2. The van der Waals surface area contributed by atoms with Crippen LogP contribution in [-0.4, -0.2) is 40.0 Å². The summed E-state index contributed by atoms with van der Waals surface area (Å²) in [7, 11) is 0. The van der Waals surface area contributed by atoms with Gasteiger partial charge in [-0.25, -0.2) is 0 Å². The molecule has 204 valence electrons. The van der Waals surface area contributed by atoms with Gasteiger partial charge in [0.15, 0.2) is 5.60 Å². The summed E-state index contributed by atoms with van der Waals surface area (Å²) in [5.74, 6) is -0.0129. The van der Waals surface area contributed by atoms with Crippen molar-refractivity contribution in [2.24, 2.45) is 0 Å². The normalized spacial score (nSPS) is 23.8. The highest BCUT2D eigenvalue weighted by atomic mass is 19.4. The van der Waals surface area contributed by atoms with Crippen LogP contribution in [0.5, 0.6) is 0 Å². The molecule has 1 aliphatic carbocycles. The molecule has 0 spiro atoms. The lowest BCUT2D eigenvalue weighted by Gasteiger charge is -2.43. The fourth-order valence-electron chi connectivity index (χ4n) is 4.57. The van der Waals surface area contributed by atoms with Gasteiger partial charge in [0, 0.05) is 12.8 Å². The molecule has 0 radical (unpaired) electrons. The first kappa shape index (κ1) is 27.8. The predicted octanol–water partition coefficient (Wildman–Crippen LogP) is 4.28. The van der Waals surface area contributed by atoms with Crippen molar-refractivity contribution in [3.63, 3.8) is 0 Å². The third-order valence-electron chi connectivity index (χ3n) is 6.58. The van der Waals surface area contributed by atoms with Crippen LogP contribution in [0.2, 0.25) is 0 Å². The number of furan rings is 1. The predicted molar refractivity (Wildman–Crippen MR) is 131 cm³/mol. The van der Waals surface area contributed by atoms with Crippen molar-refractivity contribution in [1.29, 1.82) is 0 Å². The molecule has 38 heavy (non-hydrogen) atoms. The summed E-state index contributed by atoms with van der Waals surface area (Å²) in [6.45, 7) is 1.79. The smallest absolute Gasteiger partial charge is 0.416 e. The number of halogens is 3. The van der Waals surface area contributed by atoms with Gasteiger partial charge in [0.05, 0.1) is 43.8 Å². The van der Waals surface area contributed by atoms with E-state index in [1.54, 1.807) is 12.1 Å². The Hall–Kier alpha value is -3.18. The van der Waals surface area contributed by atoms with E-state index >= 15 is 0 Å². The van der Waals surface area contributed by atoms with Gasteiger partial charge in [0.1, 0.15) is 11.9 Å². The van der Waals surface area contributed by atoms with Crippen LogP contribution in [0.4, 0.5) is 13.2 Å². The first-order chi connectivity index (χ1) is 18.1. The Balaban J connectivity index is 1.53. The number of aliphatic hydroxyl groups is 2. The van der Waals surface area contributed by atoms with Crippen molar-refractivity contribution in [2.45, 2.75) is 69.6 Å². The van der Waals surface area contributed by atoms with E-state index in [1.165, 1.54) is 18.4 Å². The summed E-state index contributed by atoms with van der Waals surface area (Å²) in [5, 5.41) is 24.1. The van der Waals surface area contributed by atoms with Crippen molar-refractivity contribution in [2.75, 3.05) is 0 Å². The SMILES string of the molecule is Cc1cccc(CO[C@]2(C(=O)NCc3ccco3)CC(OCc3cccc(C(F)(F)F)c3)[C@H](O)[C@H](O)C2)c1. The second kappa shape index (κ2) is 11.7. The zero-order valence-corrected chi connectivity index (χ0v) is 20.8. The standard InChI is InChI=1S/C28H30F3NO6/c1-18-5-2-6-19(11-18)17-38-27(26(35)32-15-22-9-4-10-36-22)13-23(33)25(34)24(14-27)37-16-20-7-3-8-21(12-20)28(29,30)31/h2-12,23-25,33-34H,13-17H2,1H3,(H,32,35)/t23-,24?,25-,27+/m1/s1. The van der Waals surface area contributed by atoms with Crippen molar-refractivity contribution in [3.05, 3.63) is 94.9 Å². The maximum atomic E-state index is 13.5. The quantitative estimate of drug-likeness (QED) is 0.380. The largest absolute Gasteiger partial charge is 0.467 e. The van der Waals surface area contributed by atoms with Crippen molar-refractivity contribution in [1.82, 2.24) is 5.32 Å². The second-order valence-electron chi connectivity index (χ2n) is 9.55. The van der Waals surface area contributed by atoms with E-state index in [0.717, 1.165) is 23.3 Å². The third-order valence-corrected chi connectivity index (χ3v) is 6.58. The van der Waals surface area contributed by atoms with Gasteiger partial charge in [-0.05, 0) is 42.3 Å². The van der Waals surface area contributed by atoms with Crippen LogP contribution in [0.25, 0.3) is 0 Å². The van der Waals surface area contributed by atoms with Crippen LogP contribution < -0.4 is 5.32 Å². The number of amides is 1. The third kappa shape index (κ3) is 6.82. The monoisotopic (exact) mass is 533 g/mol. The molecule has 10 heteroatoms. The Morgan fingerprint density at radius 2 is 1.79 bits per heavy atom. The molecule has 1 unspecified atom stereocenters. The minimum Gasteiger partial charge on any atom is -0.467 e. The summed E-state index contributed by atoms with van der Waals surface area (Å²) in [4.78, 5) is 13.5. The number of benzene rings is 2. The van der Waals surface area contributed by atoms with Gasteiger partial charge >= 0.3 is 6.18 Å². The van der Waals surface area contributed by atoms with Gasteiger partial charge in [-0.15, -0.1) is 0 Å². The zero-order chi connectivity index (χ0) is 27.3. The fourth-order valence-corrected chi connectivity index (χ4v) is 4.57. The molecule has 7 nitrogen and oxygen atoms in total. The Morgan fingerprint density at radius 3 is 2.47 bits per heavy atom. The summed E-state index contributed by atoms with van der Waals surface area (Å²) in [6, 6.07) is 15.6. The molecule has 2 aromatic carbocycles. The molecular formula is C28H30F3NO6. The minimum absolute atomic E-state index is 0.0546. The lowest BCUT2D eigenvalue weighted by atomic mass is 9.78. The summed E-state index contributed by atoms with van der Waals surface area (Å²) in [6.07, 6.45) is -7.18. The lowest BCUT2D eigenvalue weighted by Crippen LogP contribution is -2.60. The van der Waals surface area contributed by atoms with Gasteiger partial charge in [-0.2, -0.15) is 13.2 Å². The molecule has 1 heterocycles. The van der Waals surface area contributed by atoms with E-state index in [-0.39, 0.29) is 38.2 Å². The van der Waals surface area contributed by atoms with Gasteiger partial charge in [-0.3, -0.25) is 4.79 Å². The summed E-state index contributed by atoms with van der Waals surface area (Å²) in [5.41, 5.74) is -0.348. The van der Waals surface area contributed by atoms with Crippen molar-refractivity contribution >= 4 is 5.91 Å². The number of hydrogen-bond donors (Lipinski definition) is 3. The molecule has 1 amide bonds. The molecular weight excluding hydrogens is 503 g/mol. The molecule has 1 aromatic heterocycles. The summed E-state index contributed by atoms with van der Waals surface area (Å²) >= 11 is 0. The average Bonchev–Trinajstić information content (AvgIpc) is 3.41. The molecule has 3 aromatic rings. The Morgan fingerprint density at radius 1 is 1.05 bits per heavy atom. The number of alkyl halides is 3. The number of hydrogen-bond acceptors (Lipinski definition) is 6. The molecule has 4 rings (SSSR count). The van der Waals surface area contributed by atoms with E-state index in [1.807, 2.05) is 31.2 Å². The van der Waals surface area contributed by atoms with E-state index in [4.69, 9.17) is 13.9 Å². The molecule has 1 fully saturated rings. The number of rotatable bonds is 9. The second-order valence-corrected chi connectivity index (χ2v) is 9.55. The molecule has 3 N–H and O–H groups in total. The highest BCUT2D eigenvalue weighted by Gasteiger charge is 2.51. The molecule has 1 saturated carbocycles. The van der Waals surface area contributed by atoms with E-state index < -0.39 is 41.6 Å². The number of aryl methyl sites for hydroxylation is 1. The number of carbonyl (C=O) groups excluding carboxylic acids is 1. The Kier molecular flexibility index (Phi) is 8.57. The fraction of sp³-hybridized carbons (Fsp3) is 0.393. The maximum Gasteiger partial charge on any atom is 0.416 e.